The van der Waals surface area contributed by atoms with Gasteiger partial charge in [-0.1, -0.05) is 18.2 Å². The Morgan fingerprint density at radius 1 is 1.38 bits per heavy atom. The van der Waals surface area contributed by atoms with E-state index in [-0.39, 0.29) is 11.7 Å². The topological polar surface area (TPSA) is 89.3 Å². The van der Waals surface area contributed by atoms with Gasteiger partial charge in [-0.05, 0) is 31.1 Å². The van der Waals surface area contributed by atoms with Crippen LogP contribution in [0.2, 0.25) is 0 Å². The van der Waals surface area contributed by atoms with Crippen molar-refractivity contribution in [2.24, 2.45) is 5.73 Å². The molecule has 1 unspecified atom stereocenters. The number of hydrogen-bond donors (Lipinski definition) is 3. The van der Waals surface area contributed by atoms with Gasteiger partial charge in [-0.25, -0.2) is 9.37 Å². The van der Waals surface area contributed by atoms with Gasteiger partial charge in [0.25, 0.3) is 0 Å². The van der Waals surface area contributed by atoms with E-state index in [0.717, 1.165) is 5.69 Å². The Kier molecular flexibility index (Phi) is 5.18. The van der Waals surface area contributed by atoms with Crippen LogP contribution in [0.3, 0.4) is 0 Å². The number of hydrogen-bond acceptors (Lipinski definition) is 5. The molecule has 136 valence electrons. The second-order valence-corrected chi connectivity index (χ2v) is 6.15. The summed E-state index contributed by atoms with van der Waals surface area (Å²) in [5, 5.41) is 5.75. The van der Waals surface area contributed by atoms with Gasteiger partial charge in [0, 0.05) is 29.7 Å². The van der Waals surface area contributed by atoms with Crippen LogP contribution in [0, 0.1) is 5.82 Å². The molecular weight excluding hydrogens is 335 g/mol. The highest BCUT2D eigenvalue weighted by atomic mass is 19.1. The number of nitrogens with zero attached hydrogens (tertiary/aromatic N) is 1. The first-order valence-corrected chi connectivity index (χ1v) is 8.30. The lowest BCUT2D eigenvalue weighted by Crippen LogP contribution is -2.45. The largest absolute Gasteiger partial charge is 0.481 e. The van der Waals surface area contributed by atoms with E-state index in [4.69, 9.17) is 10.5 Å². The number of aromatic nitrogens is 1. The van der Waals surface area contributed by atoms with Gasteiger partial charge in [0.05, 0.1) is 18.7 Å². The summed E-state index contributed by atoms with van der Waals surface area (Å²) in [4.78, 5) is 16.6. The van der Waals surface area contributed by atoms with E-state index >= 15 is 0 Å². The number of rotatable bonds is 7. The van der Waals surface area contributed by atoms with Crippen LogP contribution < -0.4 is 21.1 Å². The number of anilines is 1. The Hall–Kier alpha value is -2.93. The highest BCUT2D eigenvalue weighted by Crippen LogP contribution is 2.49. The molecule has 2 aromatic rings. The van der Waals surface area contributed by atoms with Crippen molar-refractivity contribution in [3.8, 4) is 5.88 Å². The molecule has 0 saturated heterocycles. The minimum Gasteiger partial charge on any atom is -0.481 e. The Balaban J connectivity index is 1.58. The number of carbonyl (C=O) groups is 1. The maximum Gasteiger partial charge on any atom is 0.232 e. The molecular formula is C19H21FN4O2. The van der Waals surface area contributed by atoms with Crippen molar-refractivity contribution in [1.82, 2.24) is 10.3 Å². The van der Waals surface area contributed by atoms with E-state index in [1.165, 1.54) is 13.2 Å². The molecule has 1 aliphatic rings. The molecule has 1 aromatic heterocycles. The maximum atomic E-state index is 14.0. The van der Waals surface area contributed by atoms with Crippen LogP contribution in [0.1, 0.15) is 18.4 Å². The SMILES string of the molecule is COc1cc(N/C=C\C(N)NC(=O)C2(c3ccccc3F)CC2)ccn1. The van der Waals surface area contributed by atoms with Gasteiger partial charge in [-0.3, -0.25) is 4.79 Å². The van der Waals surface area contributed by atoms with Crippen molar-refractivity contribution in [1.29, 1.82) is 0 Å². The molecule has 6 nitrogen and oxygen atoms in total. The van der Waals surface area contributed by atoms with E-state index in [0.29, 0.717) is 24.3 Å². The van der Waals surface area contributed by atoms with E-state index < -0.39 is 11.6 Å². The summed E-state index contributed by atoms with van der Waals surface area (Å²) >= 11 is 0. The molecule has 1 aliphatic carbocycles. The Bertz CT molecular complexity index is 821. The van der Waals surface area contributed by atoms with Gasteiger partial charge >= 0.3 is 0 Å². The molecule has 1 atom stereocenters. The van der Waals surface area contributed by atoms with Crippen molar-refractivity contribution >= 4 is 11.6 Å². The molecule has 0 spiro atoms. The highest BCUT2D eigenvalue weighted by Gasteiger charge is 2.52. The zero-order valence-corrected chi connectivity index (χ0v) is 14.4. The summed E-state index contributed by atoms with van der Waals surface area (Å²) in [5.74, 6) is -0.135. The molecule has 26 heavy (non-hydrogen) atoms. The minimum absolute atomic E-state index is 0.259. The lowest BCUT2D eigenvalue weighted by atomic mass is 9.94. The number of nitrogens with one attached hydrogen (secondary N) is 2. The Labute approximate surface area is 151 Å². The van der Waals surface area contributed by atoms with E-state index in [1.807, 2.05) is 0 Å². The third kappa shape index (κ3) is 3.83. The second kappa shape index (κ2) is 7.53. The molecule has 1 fully saturated rings. The van der Waals surface area contributed by atoms with Crippen LogP contribution in [0.5, 0.6) is 5.88 Å². The van der Waals surface area contributed by atoms with Gasteiger partial charge in [0.15, 0.2) is 0 Å². The van der Waals surface area contributed by atoms with E-state index in [9.17, 15) is 9.18 Å². The highest BCUT2D eigenvalue weighted by molar-refractivity contribution is 5.91. The summed E-state index contributed by atoms with van der Waals surface area (Å²) < 4.78 is 19.1. The van der Waals surface area contributed by atoms with Crippen LogP contribution in [-0.4, -0.2) is 24.2 Å². The van der Waals surface area contributed by atoms with E-state index in [2.05, 4.69) is 15.6 Å². The van der Waals surface area contributed by atoms with E-state index in [1.54, 1.807) is 48.8 Å². The van der Waals surface area contributed by atoms with Crippen LogP contribution >= 0.6 is 0 Å². The fourth-order valence-corrected chi connectivity index (χ4v) is 2.79. The molecule has 1 aromatic carbocycles. The molecule has 1 heterocycles. The standard InChI is InChI=1S/C19H21FN4O2/c1-26-17-12-13(6-10-23-17)22-11-7-16(21)24-18(25)19(8-9-19)14-4-2-3-5-15(14)20/h2-7,10-12,16H,8-9,21H2,1H3,(H,22,23)(H,24,25)/b11-7-. The molecule has 3 rings (SSSR count). The Morgan fingerprint density at radius 2 is 2.15 bits per heavy atom. The molecule has 1 amide bonds. The van der Waals surface area contributed by atoms with Crippen LogP contribution in [-0.2, 0) is 10.2 Å². The average Bonchev–Trinajstić information content (AvgIpc) is 3.44. The summed E-state index contributed by atoms with van der Waals surface area (Å²) in [6, 6.07) is 9.87. The number of nitrogens with two attached hydrogens (primary N) is 1. The molecule has 0 aliphatic heterocycles. The van der Waals surface area contributed by atoms with Crippen LogP contribution in [0.4, 0.5) is 10.1 Å². The number of benzene rings is 1. The minimum atomic E-state index is -0.803. The number of ether oxygens (including phenoxy) is 1. The van der Waals surface area contributed by atoms with Crippen molar-refractivity contribution in [2.45, 2.75) is 24.4 Å². The molecule has 4 N–H and O–H groups in total. The zero-order valence-electron chi connectivity index (χ0n) is 14.4. The number of halogens is 1. The summed E-state index contributed by atoms with van der Waals surface area (Å²) in [7, 11) is 1.54. The summed E-state index contributed by atoms with van der Waals surface area (Å²) in [5.41, 5.74) is 6.34. The normalized spacial score (nSPS) is 16.1. The Morgan fingerprint density at radius 3 is 2.85 bits per heavy atom. The van der Waals surface area contributed by atoms with Gasteiger partial charge in [0.2, 0.25) is 11.8 Å². The van der Waals surface area contributed by atoms with Crippen molar-refractivity contribution < 1.29 is 13.9 Å². The molecule has 7 heteroatoms. The maximum absolute atomic E-state index is 14.0. The predicted molar refractivity (Wildman–Crippen MR) is 97.0 cm³/mol. The molecule has 1 saturated carbocycles. The zero-order chi connectivity index (χ0) is 18.6. The fourth-order valence-electron chi connectivity index (χ4n) is 2.79. The first-order valence-electron chi connectivity index (χ1n) is 8.30. The van der Waals surface area contributed by atoms with Gasteiger partial charge < -0.3 is 21.1 Å². The molecule has 0 bridgehead atoms. The van der Waals surface area contributed by atoms with Crippen molar-refractivity contribution in [3.05, 3.63) is 66.3 Å². The fraction of sp³-hybridized carbons (Fsp3) is 0.263. The van der Waals surface area contributed by atoms with Crippen molar-refractivity contribution in [2.75, 3.05) is 12.4 Å². The monoisotopic (exact) mass is 356 g/mol. The third-order valence-corrected chi connectivity index (χ3v) is 4.37. The smallest absolute Gasteiger partial charge is 0.232 e. The average molecular weight is 356 g/mol. The number of amides is 1. The quantitative estimate of drug-likeness (QED) is 0.663. The van der Waals surface area contributed by atoms with Crippen molar-refractivity contribution in [3.63, 3.8) is 0 Å². The number of pyridine rings is 1. The molecule has 0 radical (unpaired) electrons. The summed E-state index contributed by atoms with van der Waals surface area (Å²) in [6.07, 6.45) is 5.39. The predicted octanol–water partition coefficient (Wildman–Crippen LogP) is 2.29. The van der Waals surface area contributed by atoms with Gasteiger partial charge in [-0.2, -0.15) is 0 Å². The first-order chi connectivity index (χ1) is 12.5. The van der Waals surface area contributed by atoms with Gasteiger partial charge in [0.1, 0.15) is 5.82 Å². The second-order valence-electron chi connectivity index (χ2n) is 6.15. The van der Waals surface area contributed by atoms with Crippen LogP contribution in [0.25, 0.3) is 0 Å². The third-order valence-electron chi connectivity index (χ3n) is 4.37. The summed E-state index contributed by atoms with van der Waals surface area (Å²) in [6.45, 7) is 0. The number of methoxy groups -OCH3 is 1. The van der Waals surface area contributed by atoms with Crippen LogP contribution in [0.15, 0.2) is 54.9 Å². The lowest BCUT2D eigenvalue weighted by molar-refractivity contribution is -0.124. The lowest BCUT2D eigenvalue weighted by Gasteiger charge is -2.18. The first kappa shape index (κ1) is 17.9. The van der Waals surface area contributed by atoms with Gasteiger partial charge in [-0.15, -0.1) is 0 Å². The number of carbonyl (C=O) groups excluding carboxylic acids is 1.